The Morgan fingerprint density at radius 2 is 2.16 bits per heavy atom. The number of β-amino-alcohol motifs (C(OH)–C–C–N with tert-alkyl or cyclic N) is 1. The number of aliphatic hydroxyl groups is 1. The molecular weight excluding hydrogens is 328 g/mol. The predicted octanol–water partition coefficient (Wildman–Crippen LogP) is 2.57. The minimum atomic E-state index is -0.742. The van der Waals surface area contributed by atoms with Crippen molar-refractivity contribution in [2.45, 2.75) is 45.3 Å². The van der Waals surface area contributed by atoms with Crippen LogP contribution in [0.4, 0.5) is 8.78 Å². The quantitative estimate of drug-likeness (QED) is 0.891. The van der Waals surface area contributed by atoms with Crippen LogP contribution in [-0.4, -0.2) is 38.8 Å². The summed E-state index contributed by atoms with van der Waals surface area (Å²) in [4.78, 5) is 14.1. The molecule has 0 bridgehead atoms. The number of likely N-dealkylation sites (tertiary alicyclic amines) is 1. The first kappa shape index (κ1) is 17.5. The van der Waals surface area contributed by atoms with Crippen molar-refractivity contribution in [2.24, 2.45) is 0 Å². The summed E-state index contributed by atoms with van der Waals surface area (Å²) in [7, 11) is 0. The molecule has 0 unspecified atom stereocenters. The molecule has 2 N–H and O–H groups in total. The van der Waals surface area contributed by atoms with Crippen molar-refractivity contribution in [3.8, 4) is 0 Å². The van der Waals surface area contributed by atoms with E-state index in [2.05, 4.69) is 10.2 Å². The number of H-pyrrole nitrogens is 1. The number of rotatable bonds is 4. The zero-order valence-corrected chi connectivity index (χ0v) is 14.2. The molecule has 7 heteroatoms. The normalized spacial score (nSPS) is 20.3. The zero-order valence-electron chi connectivity index (χ0n) is 14.2. The van der Waals surface area contributed by atoms with Gasteiger partial charge in [0.25, 0.3) is 0 Å². The van der Waals surface area contributed by atoms with Gasteiger partial charge in [-0.15, -0.1) is 0 Å². The summed E-state index contributed by atoms with van der Waals surface area (Å²) in [5.41, 5.74) is 2.86. The van der Waals surface area contributed by atoms with Gasteiger partial charge < -0.3 is 10.0 Å². The third-order valence-electron chi connectivity index (χ3n) is 4.79. The van der Waals surface area contributed by atoms with Gasteiger partial charge in [0.2, 0.25) is 5.91 Å². The Morgan fingerprint density at radius 3 is 2.84 bits per heavy atom. The molecule has 1 aliphatic rings. The fraction of sp³-hybridized carbons (Fsp3) is 0.444. The molecule has 5 nitrogen and oxygen atoms in total. The summed E-state index contributed by atoms with van der Waals surface area (Å²) in [6.45, 7) is 3.89. The number of carbonyl (C=O) groups is 1. The molecule has 1 fully saturated rings. The largest absolute Gasteiger partial charge is 0.391 e. The van der Waals surface area contributed by atoms with Gasteiger partial charge >= 0.3 is 0 Å². The minimum Gasteiger partial charge on any atom is -0.391 e. The summed E-state index contributed by atoms with van der Waals surface area (Å²) >= 11 is 0. The Morgan fingerprint density at radius 1 is 1.40 bits per heavy atom. The zero-order chi connectivity index (χ0) is 18.1. The maximum atomic E-state index is 14.1. The van der Waals surface area contributed by atoms with Crippen LogP contribution in [0.5, 0.6) is 0 Å². The van der Waals surface area contributed by atoms with E-state index in [0.717, 1.165) is 35.2 Å². The van der Waals surface area contributed by atoms with Gasteiger partial charge in [0.15, 0.2) is 0 Å². The van der Waals surface area contributed by atoms with Crippen molar-refractivity contribution >= 4 is 5.91 Å². The van der Waals surface area contributed by atoms with E-state index in [0.29, 0.717) is 6.42 Å². The van der Waals surface area contributed by atoms with Gasteiger partial charge in [-0.1, -0.05) is 0 Å². The Labute approximate surface area is 144 Å². The first-order valence-electron chi connectivity index (χ1n) is 8.29. The summed E-state index contributed by atoms with van der Waals surface area (Å²) in [5, 5.41) is 16.9. The summed E-state index contributed by atoms with van der Waals surface area (Å²) in [5.74, 6) is -1.32. The summed E-state index contributed by atoms with van der Waals surface area (Å²) < 4.78 is 27.6. The second-order valence-electron chi connectivity index (χ2n) is 6.53. The molecule has 25 heavy (non-hydrogen) atoms. The first-order valence-corrected chi connectivity index (χ1v) is 8.29. The van der Waals surface area contributed by atoms with E-state index in [4.69, 9.17) is 0 Å². The van der Waals surface area contributed by atoms with Gasteiger partial charge in [-0.2, -0.15) is 5.10 Å². The van der Waals surface area contributed by atoms with E-state index in [1.165, 1.54) is 4.90 Å². The SMILES string of the molecule is Cc1n[nH]c(C)c1CCC(=O)N1C[C@@H](O)C[C@H]1c1cc(F)ccc1F. The summed E-state index contributed by atoms with van der Waals surface area (Å²) in [6, 6.07) is 2.55. The second kappa shape index (κ2) is 6.92. The number of halogens is 2. The van der Waals surface area contributed by atoms with E-state index in [1.54, 1.807) is 0 Å². The van der Waals surface area contributed by atoms with Gasteiger partial charge in [-0.05, 0) is 50.5 Å². The number of amides is 1. The molecule has 0 spiro atoms. The standard InChI is InChI=1S/C18H21F2N3O2/c1-10-14(11(2)22-21-10)4-6-18(25)23-9-13(24)8-17(23)15-7-12(19)3-5-16(15)20/h3,5,7,13,17,24H,4,6,8-9H2,1-2H3,(H,21,22)/t13-,17-/m0/s1. The maximum absolute atomic E-state index is 14.1. The Bertz CT molecular complexity index is 771. The van der Waals surface area contributed by atoms with Gasteiger partial charge in [0, 0.05) is 24.2 Å². The fourth-order valence-electron chi connectivity index (χ4n) is 3.47. The molecule has 1 saturated heterocycles. The second-order valence-corrected chi connectivity index (χ2v) is 6.53. The number of aromatic nitrogens is 2. The molecular formula is C18H21F2N3O2. The monoisotopic (exact) mass is 349 g/mol. The fourth-order valence-corrected chi connectivity index (χ4v) is 3.47. The van der Waals surface area contributed by atoms with Crippen LogP contribution in [0.1, 0.15) is 41.4 Å². The Kier molecular flexibility index (Phi) is 4.85. The highest BCUT2D eigenvalue weighted by molar-refractivity contribution is 5.77. The van der Waals surface area contributed by atoms with E-state index in [9.17, 15) is 18.7 Å². The van der Waals surface area contributed by atoms with E-state index in [1.807, 2.05) is 13.8 Å². The highest BCUT2D eigenvalue weighted by atomic mass is 19.1. The minimum absolute atomic E-state index is 0.112. The van der Waals surface area contributed by atoms with E-state index >= 15 is 0 Å². The van der Waals surface area contributed by atoms with Crippen LogP contribution in [-0.2, 0) is 11.2 Å². The van der Waals surface area contributed by atoms with E-state index < -0.39 is 23.8 Å². The van der Waals surface area contributed by atoms with Crippen LogP contribution < -0.4 is 0 Å². The van der Waals surface area contributed by atoms with Gasteiger partial charge in [0.05, 0.1) is 17.8 Å². The van der Waals surface area contributed by atoms with E-state index in [-0.39, 0.29) is 30.9 Å². The highest BCUT2D eigenvalue weighted by Crippen LogP contribution is 2.34. The predicted molar refractivity (Wildman–Crippen MR) is 87.8 cm³/mol. The molecule has 134 valence electrons. The number of hydrogen-bond donors (Lipinski definition) is 2. The van der Waals surface area contributed by atoms with Crippen LogP contribution in [0.25, 0.3) is 0 Å². The van der Waals surface area contributed by atoms with Crippen LogP contribution in [0, 0.1) is 25.5 Å². The van der Waals surface area contributed by atoms with Crippen LogP contribution in [0.3, 0.4) is 0 Å². The number of benzene rings is 1. The number of nitrogens with one attached hydrogen (secondary N) is 1. The molecule has 2 atom stereocenters. The molecule has 1 aromatic heterocycles. The number of nitrogens with zero attached hydrogens (tertiary/aromatic N) is 2. The highest BCUT2D eigenvalue weighted by Gasteiger charge is 2.36. The number of aryl methyl sites for hydroxylation is 2. The lowest BCUT2D eigenvalue weighted by Crippen LogP contribution is -2.32. The van der Waals surface area contributed by atoms with Crippen LogP contribution >= 0.6 is 0 Å². The van der Waals surface area contributed by atoms with Gasteiger partial charge in [-0.25, -0.2) is 8.78 Å². The topological polar surface area (TPSA) is 69.2 Å². The van der Waals surface area contributed by atoms with Crippen molar-refractivity contribution in [2.75, 3.05) is 6.54 Å². The van der Waals surface area contributed by atoms with Crippen molar-refractivity contribution in [1.29, 1.82) is 0 Å². The number of aliphatic hydroxyl groups excluding tert-OH is 1. The Balaban J connectivity index is 1.77. The van der Waals surface area contributed by atoms with Crippen molar-refractivity contribution < 1.29 is 18.7 Å². The molecule has 2 aromatic rings. The van der Waals surface area contributed by atoms with Gasteiger partial charge in [-0.3, -0.25) is 9.89 Å². The molecule has 1 amide bonds. The maximum Gasteiger partial charge on any atom is 0.223 e. The Hall–Kier alpha value is -2.28. The molecule has 2 heterocycles. The van der Waals surface area contributed by atoms with Crippen molar-refractivity contribution in [3.05, 3.63) is 52.3 Å². The molecule has 1 aromatic carbocycles. The smallest absolute Gasteiger partial charge is 0.223 e. The molecule has 1 aliphatic heterocycles. The number of hydrogen-bond acceptors (Lipinski definition) is 3. The number of carbonyl (C=O) groups excluding carboxylic acids is 1. The average Bonchev–Trinajstić information content (AvgIpc) is 3.10. The third kappa shape index (κ3) is 3.56. The third-order valence-corrected chi connectivity index (χ3v) is 4.79. The van der Waals surface area contributed by atoms with Crippen molar-refractivity contribution in [1.82, 2.24) is 15.1 Å². The average molecular weight is 349 g/mol. The molecule has 0 radical (unpaired) electrons. The molecule has 3 rings (SSSR count). The first-order chi connectivity index (χ1) is 11.9. The van der Waals surface area contributed by atoms with Crippen molar-refractivity contribution in [3.63, 3.8) is 0 Å². The van der Waals surface area contributed by atoms with Gasteiger partial charge in [0.1, 0.15) is 11.6 Å². The van der Waals surface area contributed by atoms with Crippen LogP contribution in [0.15, 0.2) is 18.2 Å². The number of aromatic amines is 1. The lowest BCUT2D eigenvalue weighted by molar-refractivity contribution is -0.132. The lowest BCUT2D eigenvalue weighted by Gasteiger charge is -2.25. The van der Waals surface area contributed by atoms with Crippen LogP contribution in [0.2, 0.25) is 0 Å². The molecule has 0 saturated carbocycles. The summed E-state index contributed by atoms with van der Waals surface area (Å²) in [6.07, 6.45) is 0.198. The molecule has 0 aliphatic carbocycles. The lowest BCUT2D eigenvalue weighted by atomic mass is 10.0.